The van der Waals surface area contributed by atoms with E-state index in [1.54, 1.807) is 36.4 Å². The molecule has 2 aromatic rings. The number of nitrogens with one attached hydrogen (secondary N) is 1. The number of nitrogens with two attached hydrogens (primary N) is 2. The number of nitro benzene ring substituents is 1. The summed E-state index contributed by atoms with van der Waals surface area (Å²) < 4.78 is 0. The fourth-order valence-corrected chi connectivity index (χ4v) is 1.98. The van der Waals surface area contributed by atoms with E-state index in [0.29, 0.717) is 11.1 Å². The molecule has 0 radical (unpaired) electrons. The van der Waals surface area contributed by atoms with Gasteiger partial charge in [-0.05, 0) is 17.2 Å². The second-order valence-electron chi connectivity index (χ2n) is 4.43. The molecule has 0 saturated carbocycles. The summed E-state index contributed by atoms with van der Waals surface area (Å²) in [5.74, 6) is 5.24. The van der Waals surface area contributed by atoms with Gasteiger partial charge >= 0.3 is 0 Å². The van der Waals surface area contributed by atoms with Crippen molar-refractivity contribution in [3.63, 3.8) is 0 Å². The first-order chi connectivity index (χ1) is 10.6. The first-order valence-corrected chi connectivity index (χ1v) is 6.28. The summed E-state index contributed by atoms with van der Waals surface area (Å²) >= 11 is 0. The van der Waals surface area contributed by atoms with E-state index in [0.717, 1.165) is 5.56 Å². The average molecular weight is 295 g/mol. The Kier molecular flexibility index (Phi) is 4.36. The first kappa shape index (κ1) is 15.0. The van der Waals surface area contributed by atoms with Crippen molar-refractivity contribution in [3.8, 4) is 17.2 Å². The molecule has 0 heterocycles. The van der Waals surface area contributed by atoms with Crippen molar-refractivity contribution in [2.45, 2.75) is 0 Å². The predicted molar refractivity (Wildman–Crippen MR) is 82.6 cm³/mol. The van der Waals surface area contributed by atoms with Crippen LogP contribution in [-0.4, -0.2) is 4.92 Å². The third kappa shape index (κ3) is 3.03. The Labute approximate surface area is 126 Å². The monoisotopic (exact) mass is 295 g/mol. The Morgan fingerprint density at radius 1 is 1.18 bits per heavy atom. The lowest BCUT2D eigenvalue weighted by molar-refractivity contribution is -0.384. The highest BCUT2D eigenvalue weighted by molar-refractivity contribution is 5.74. The van der Waals surface area contributed by atoms with E-state index in [1.165, 1.54) is 12.1 Å². The minimum atomic E-state index is -0.451. The van der Waals surface area contributed by atoms with Crippen LogP contribution in [0.25, 0.3) is 16.8 Å². The number of hydrogen-bond acceptors (Lipinski definition) is 6. The quantitative estimate of drug-likeness (QED) is 0.341. The lowest BCUT2D eigenvalue weighted by Crippen LogP contribution is -2.23. The highest BCUT2D eigenvalue weighted by Crippen LogP contribution is 2.26. The lowest BCUT2D eigenvalue weighted by atomic mass is 10.0. The fraction of sp³-hybridized carbons (Fsp3) is 0. The van der Waals surface area contributed by atoms with Crippen LogP contribution in [0.2, 0.25) is 0 Å². The highest BCUT2D eigenvalue weighted by atomic mass is 16.6. The number of hydrazine groups is 1. The number of nitrogens with zero attached hydrogens (tertiary/aromatic N) is 2. The Balaban J connectivity index is 2.50. The van der Waals surface area contributed by atoms with Crippen LogP contribution in [0.5, 0.6) is 0 Å². The molecule has 0 fully saturated rings. The summed E-state index contributed by atoms with van der Waals surface area (Å²) in [5.41, 5.74) is 10.4. The molecule has 2 rings (SSSR count). The van der Waals surface area contributed by atoms with Crippen molar-refractivity contribution in [1.82, 2.24) is 5.43 Å². The Morgan fingerprint density at radius 2 is 1.82 bits per heavy atom. The van der Waals surface area contributed by atoms with Crippen LogP contribution >= 0.6 is 0 Å². The topological polar surface area (TPSA) is 131 Å². The van der Waals surface area contributed by atoms with Gasteiger partial charge in [0.15, 0.2) is 5.70 Å². The number of hydrogen-bond donors (Lipinski definition) is 3. The first-order valence-electron chi connectivity index (χ1n) is 6.28. The lowest BCUT2D eigenvalue weighted by Gasteiger charge is -2.08. The fourth-order valence-electron chi connectivity index (χ4n) is 1.98. The molecule has 0 aromatic heterocycles. The van der Waals surface area contributed by atoms with Gasteiger partial charge < -0.3 is 11.2 Å². The molecule has 110 valence electrons. The van der Waals surface area contributed by atoms with Gasteiger partial charge in [0.1, 0.15) is 6.07 Å². The zero-order chi connectivity index (χ0) is 16.1. The van der Waals surface area contributed by atoms with E-state index in [1.807, 2.05) is 6.07 Å². The van der Waals surface area contributed by atoms with Crippen molar-refractivity contribution in [2.24, 2.45) is 11.6 Å². The Hall–Kier alpha value is -3.37. The average Bonchev–Trinajstić information content (AvgIpc) is 2.56. The summed E-state index contributed by atoms with van der Waals surface area (Å²) in [7, 11) is 0. The van der Waals surface area contributed by atoms with Gasteiger partial charge in [-0.25, -0.2) is 5.84 Å². The molecule has 0 bridgehead atoms. The molecular weight excluding hydrogens is 282 g/mol. The van der Waals surface area contributed by atoms with Crippen molar-refractivity contribution in [3.05, 3.63) is 69.9 Å². The minimum Gasteiger partial charge on any atom is -0.396 e. The van der Waals surface area contributed by atoms with Crippen molar-refractivity contribution < 1.29 is 4.92 Å². The SMILES string of the molecule is N#C/C(NN)=C(/N)c1cccc(-c2cccc([N+](=O)[O-])c2)c1. The third-order valence-corrected chi connectivity index (χ3v) is 3.09. The number of allylic oxidation sites excluding steroid dienone is 1. The molecule has 0 aliphatic heterocycles. The summed E-state index contributed by atoms with van der Waals surface area (Å²) in [5, 5.41) is 19.8. The molecule has 0 aliphatic rings. The summed E-state index contributed by atoms with van der Waals surface area (Å²) in [6.45, 7) is 0. The number of nitro groups is 1. The van der Waals surface area contributed by atoms with Gasteiger partial charge in [-0.3, -0.25) is 10.1 Å². The van der Waals surface area contributed by atoms with Gasteiger partial charge in [-0.15, -0.1) is 0 Å². The summed E-state index contributed by atoms with van der Waals surface area (Å²) in [6, 6.07) is 15.2. The van der Waals surface area contributed by atoms with Crippen LogP contribution < -0.4 is 17.0 Å². The van der Waals surface area contributed by atoms with E-state index in [4.69, 9.17) is 16.8 Å². The smallest absolute Gasteiger partial charge is 0.270 e. The number of rotatable bonds is 4. The van der Waals surface area contributed by atoms with Crippen molar-refractivity contribution in [2.75, 3.05) is 0 Å². The van der Waals surface area contributed by atoms with Crippen LogP contribution in [0.3, 0.4) is 0 Å². The molecule has 5 N–H and O–H groups in total. The second kappa shape index (κ2) is 6.39. The normalized spacial score (nSPS) is 11.3. The van der Waals surface area contributed by atoms with E-state index in [9.17, 15) is 10.1 Å². The van der Waals surface area contributed by atoms with E-state index in [2.05, 4.69) is 5.43 Å². The molecular formula is C15H13N5O2. The number of nitriles is 1. The standard InChI is InChI=1S/C15H13N5O2/c16-9-14(19-18)15(17)12-5-1-3-10(7-12)11-4-2-6-13(8-11)20(21)22/h1-8,19H,17-18H2/b15-14-. The van der Waals surface area contributed by atoms with Gasteiger partial charge in [0.2, 0.25) is 0 Å². The van der Waals surface area contributed by atoms with Crippen LogP contribution in [0.1, 0.15) is 5.56 Å². The predicted octanol–water partition coefficient (Wildman–Crippen LogP) is 1.88. The highest BCUT2D eigenvalue weighted by Gasteiger charge is 2.09. The zero-order valence-corrected chi connectivity index (χ0v) is 11.5. The van der Waals surface area contributed by atoms with Crippen LogP contribution in [-0.2, 0) is 0 Å². The van der Waals surface area contributed by atoms with E-state index < -0.39 is 4.92 Å². The van der Waals surface area contributed by atoms with Crippen LogP contribution in [0.15, 0.2) is 54.2 Å². The number of non-ortho nitro benzene ring substituents is 1. The van der Waals surface area contributed by atoms with Gasteiger partial charge in [0, 0.05) is 17.7 Å². The third-order valence-electron chi connectivity index (χ3n) is 3.09. The van der Waals surface area contributed by atoms with Crippen molar-refractivity contribution >= 4 is 11.4 Å². The molecule has 22 heavy (non-hydrogen) atoms. The summed E-state index contributed by atoms with van der Waals surface area (Å²) in [6.07, 6.45) is 0. The van der Waals surface area contributed by atoms with Gasteiger partial charge in [0.05, 0.1) is 10.6 Å². The Bertz CT molecular complexity index is 793. The van der Waals surface area contributed by atoms with Gasteiger partial charge in [-0.2, -0.15) is 5.26 Å². The summed E-state index contributed by atoms with van der Waals surface area (Å²) in [4.78, 5) is 10.4. The molecule has 0 saturated heterocycles. The number of benzene rings is 2. The Morgan fingerprint density at radius 3 is 2.41 bits per heavy atom. The minimum absolute atomic E-state index is 0.00718. The zero-order valence-electron chi connectivity index (χ0n) is 11.5. The molecule has 0 unspecified atom stereocenters. The maximum atomic E-state index is 10.8. The molecule has 7 heteroatoms. The van der Waals surface area contributed by atoms with Gasteiger partial charge in [-0.1, -0.05) is 30.3 Å². The molecule has 0 spiro atoms. The molecule has 0 atom stereocenters. The molecule has 0 amide bonds. The second-order valence-corrected chi connectivity index (χ2v) is 4.43. The molecule has 2 aromatic carbocycles. The maximum absolute atomic E-state index is 10.8. The molecule has 7 nitrogen and oxygen atoms in total. The van der Waals surface area contributed by atoms with Crippen LogP contribution in [0.4, 0.5) is 5.69 Å². The van der Waals surface area contributed by atoms with Crippen LogP contribution in [0, 0.1) is 21.4 Å². The van der Waals surface area contributed by atoms with Crippen molar-refractivity contribution in [1.29, 1.82) is 5.26 Å². The van der Waals surface area contributed by atoms with E-state index in [-0.39, 0.29) is 17.1 Å². The molecule has 0 aliphatic carbocycles. The largest absolute Gasteiger partial charge is 0.396 e. The van der Waals surface area contributed by atoms with Gasteiger partial charge in [0.25, 0.3) is 5.69 Å². The van der Waals surface area contributed by atoms with E-state index >= 15 is 0 Å². The maximum Gasteiger partial charge on any atom is 0.270 e.